The van der Waals surface area contributed by atoms with Crippen LogP contribution in [-0.4, -0.2) is 22.9 Å². The number of aliphatic hydroxyl groups excluding tert-OH is 2. The van der Waals surface area contributed by atoms with E-state index in [9.17, 15) is 10.2 Å². The summed E-state index contributed by atoms with van der Waals surface area (Å²) in [5.74, 6) is 1.87. The molecule has 2 bridgehead atoms. The molecule has 124 valence electrons. The monoisotopic (exact) mass is 304 g/mol. The van der Waals surface area contributed by atoms with Crippen molar-refractivity contribution in [1.29, 1.82) is 0 Å². The molecule has 4 saturated carbocycles. The summed E-state index contributed by atoms with van der Waals surface area (Å²) in [6.45, 7) is 9.17. The van der Waals surface area contributed by atoms with E-state index in [2.05, 4.69) is 20.4 Å². The standard InChI is InChI=1S/C20H32O2/c1-13-10-19-8-6-15-18(2,3)17(22)7-9-20(15,12-21)16(19)5-4-14(13)11-19/h14-17,21-22H,1,4-12H2,2-3H3/t14-,15+,16+,17?,19+,20+/m0/s1. The Labute approximate surface area is 135 Å². The molecule has 4 aliphatic rings. The lowest BCUT2D eigenvalue weighted by molar-refractivity contribution is -0.203. The molecule has 2 heteroatoms. The highest BCUT2D eigenvalue weighted by atomic mass is 16.3. The van der Waals surface area contributed by atoms with Crippen molar-refractivity contribution < 1.29 is 10.2 Å². The molecule has 1 spiro atoms. The zero-order valence-electron chi connectivity index (χ0n) is 14.3. The number of hydrogen-bond donors (Lipinski definition) is 2. The number of hydrogen-bond acceptors (Lipinski definition) is 2. The van der Waals surface area contributed by atoms with Gasteiger partial charge in [0, 0.05) is 12.0 Å². The summed E-state index contributed by atoms with van der Waals surface area (Å²) in [4.78, 5) is 0. The van der Waals surface area contributed by atoms with Crippen molar-refractivity contribution in [2.45, 2.75) is 71.3 Å². The van der Waals surface area contributed by atoms with Gasteiger partial charge in [0.2, 0.25) is 0 Å². The van der Waals surface area contributed by atoms with E-state index >= 15 is 0 Å². The van der Waals surface area contributed by atoms with Gasteiger partial charge in [-0.2, -0.15) is 0 Å². The average molecular weight is 304 g/mol. The third kappa shape index (κ3) is 1.69. The van der Waals surface area contributed by atoms with Gasteiger partial charge in [-0.15, -0.1) is 0 Å². The van der Waals surface area contributed by atoms with Crippen LogP contribution in [0.1, 0.15) is 65.2 Å². The summed E-state index contributed by atoms with van der Waals surface area (Å²) in [6.07, 6.45) is 9.23. The van der Waals surface area contributed by atoms with Gasteiger partial charge in [-0.25, -0.2) is 0 Å². The summed E-state index contributed by atoms with van der Waals surface area (Å²) in [5.41, 5.74) is 1.91. The summed E-state index contributed by atoms with van der Waals surface area (Å²) in [7, 11) is 0. The van der Waals surface area contributed by atoms with E-state index in [1.54, 1.807) is 0 Å². The molecule has 1 unspecified atom stereocenters. The van der Waals surface area contributed by atoms with Crippen LogP contribution >= 0.6 is 0 Å². The lowest BCUT2D eigenvalue weighted by Gasteiger charge is -2.65. The van der Waals surface area contributed by atoms with Gasteiger partial charge in [0.1, 0.15) is 0 Å². The molecule has 0 aromatic carbocycles. The maximum atomic E-state index is 10.6. The van der Waals surface area contributed by atoms with Crippen LogP contribution in [0.25, 0.3) is 0 Å². The molecule has 4 aliphatic carbocycles. The summed E-state index contributed by atoms with van der Waals surface area (Å²) >= 11 is 0. The molecule has 6 atom stereocenters. The van der Waals surface area contributed by atoms with E-state index < -0.39 is 0 Å². The third-order valence-electron chi connectivity index (χ3n) is 8.61. The number of fused-ring (bicyclic) bond motifs is 3. The predicted molar refractivity (Wildman–Crippen MR) is 88.3 cm³/mol. The molecule has 2 N–H and O–H groups in total. The maximum absolute atomic E-state index is 10.6. The van der Waals surface area contributed by atoms with Crippen molar-refractivity contribution in [3.05, 3.63) is 12.2 Å². The molecule has 0 radical (unpaired) electrons. The number of aliphatic hydroxyl groups is 2. The summed E-state index contributed by atoms with van der Waals surface area (Å²) < 4.78 is 0. The molecule has 4 rings (SSSR count). The average Bonchev–Trinajstić information content (AvgIpc) is 2.72. The Bertz CT molecular complexity index is 496. The molecule has 0 aliphatic heterocycles. The third-order valence-corrected chi connectivity index (χ3v) is 8.61. The quantitative estimate of drug-likeness (QED) is 0.721. The van der Waals surface area contributed by atoms with Crippen LogP contribution in [0.15, 0.2) is 12.2 Å². The van der Waals surface area contributed by atoms with Gasteiger partial charge in [0.15, 0.2) is 0 Å². The largest absolute Gasteiger partial charge is 0.396 e. The van der Waals surface area contributed by atoms with Gasteiger partial charge in [-0.05, 0) is 80.0 Å². The van der Waals surface area contributed by atoms with E-state index in [4.69, 9.17) is 0 Å². The topological polar surface area (TPSA) is 40.5 Å². The van der Waals surface area contributed by atoms with Gasteiger partial charge in [0.05, 0.1) is 6.10 Å². The predicted octanol–water partition coefficient (Wildman–Crippen LogP) is 3.92. The summed E-state index contributed by atoms with van der Waals surface area (Å²) in [6, 6.07) is 0. The Hall–Kier alpha value is -0.340. The zero-order chi connectivity index (χ0) is 15.8. The maximum Gasteiger partial charge on any atom is 0.0594 e. The van der Waals surface area contributed by atoms with Gasteiger partial charge in [-0.1, -0.05) is 26.0 Å². The second-order valence-electron chi connectivity index (χ2n) is 9.59. The molecule has 0 amide bonds. The number of allylic oxidation sites excluding steroid dienone is 1. The molecular formula is C20H32O2. The van der Waals surface area contributed by atoms with E-state index in [1.807, 2.05) is 0 Å². The highest BCUT2D eigenvalue weighted by Gasteiger charge is 2.65. The zero-order valence-corrected chi connectivity index (χ0v) is 14.3. The van der Waals surface area contributed by atoms with Crippen LogP contribution in [0.2, 0.25) is 0 Å². The fraction of sp³-hybridized carbons (Fsp3) is 0.900. The Balaban J connectivity index is 1.77. The lowest BCUT2D eigenvalue weighted by Crippen LogP contribution is -2.61. The van der Waals surface area contributed by atoms with Crippen LogP contribution in [0.3, 0.4) is 0 Å². The van der Waals surface area contributed by atoms with Gasteiger partial charge >= 0.3 is 0 Å². The van der Waals surface area contributed by atoms with Gasteiger partial charge in [0.25, 0.3) is 0 Å². The second kappa shape index (κ2) is 4.60. The molecule has 2 nitrogen and oxygen atoms in total. The Morgan fingerprint density at radius 3 is 2.59 bits per heavy atom. The van der Waals surface area contributed by atoms with E-state index in [0.717, 1.165) is 18.8 Å². The van der Waals surface area contributed by atoms with Crippen molar-refractivity contribution >= 4 is 0 Å². The van der Waals surface area contributed by atoms with Crippen molar-refractivity contribution in [2.75, 3.05) is 6.61 Å². The first-order chi connectivity index (χ1) is 10.4. The Morgan fingerprint density at radius 1 is 1.09 bits per heavy atom. The van der Waals surface area contributed by atoms with Crippen LogP contribution in [0, 0.1) is 34.0 Å². The van der Waals surface area contributed by atoms with Gasteiger partial charge < -0.3 is 10.2 Å². The minimum atomic E-state index is -0.207. The Kier molecular flexibility index (Phi) is 3.18. The smallest absolute Gasteiger partial charge is 0.0594 e. The SMILES string of the molecule is C=C1C[C@@]23CC[C@@H]4C(C)(C)C(O)CC[C@]4(CO)[C@@H]2CC[C@H]1C3. The molecule has 0 heterocycles. The van der Waals surface area contributed by atoms with Crippen molar-refractivity contribution in [3.8, 4) is 0 Å². The lowest BCUT2D eigenvalue weighted by atomic mass is 9.40. The normalized spacial score (nSPS) is 53.0. The molecule has 0 aromatic heterocycles. The van der Waals surface area contributed by atoms with E-state index in [1.165, 1.54) is 44.1 Å². The molecule has 22 heavy (non-hydrogen) atoms. The first kappa shape index (κ1) is 15.2. The molecular weight excluding hydrogens is 272 g/mol. The van der Waals surface area contributed by atoms with Crippen LogP contribution in [0.4, 0.5) is 0 Å². The summed E-state index contributed by atoms with van der Waals surface area (Å²) in [5, 5.41) is 21.1. The van der Waals surface area contributed by atoms with E-state index in [-0.39, 0.29) is 16.9 Å². The first-order valence-electron chi connectivity index (χ1n) is 9.32. The number of rotatable bonds is 1. The molecule has 0 aromatic rings. The van der Waals surface area contributed by atoms with Crippen LogP contribution < -0.4 is 0 Å². The van der Waals surface area contributed by atoms with Crippen molar-refractivity contribution in [2.24, 2.45) is 34.0 Å². The van der Waals surface area contributed by atoms with Crippen molar-refractivity contribution in [3.63, 3.8) is 0 Å². The van der Waals surface area contributed by atoms with Crippen LogP contribution in [-0.2, 0) is 0 Å². The highest BCUT2D eigenvalue weighted by molar-refractivity contribution is 5.23. The highest BCUT2D eigenvalue weighted by Crippen LogP contribution is 2.72. The first-order valence-corrected chi connectivity index (χ1v) is 9.32. The van der Waals surface area contributed by atoms with Gasteiger partial charge in [-0.3, -0.25) is 0 Å². The van der Waals surface area contributed by atoms with Crippen LogP contribution in [0.5, 0.6) is 0 Å². The minimum absolute atomic E-state index is 0.0522. The minimum Gasteiger partial charge on any atom is -0.396 e. The van der Waals surface area contributed by atoms with E-state index in [0.29, 0.717) is 23.9 Å². The molecule has 0 saturated heterocycles. The fourth-order valence-corrected chi connectivity index (χ4v) is 7.54. The fourth-order valence-electron chi connectivity index (χ4n) is 7.54. The second-order valence-corrected chi connectivity index (χ2v) is 9.59. The Morgan fingerprint density at radius 2 is 1.86 bits per heavy atom. The molecule has 4 fully saturated rings. The van der Waals surface area contributed by atoms with Crippen molar-refractivity contribution in [1.82, 2.24) is 0 Å².